The molecule has 0 aromatic heterocycles. The van der Waals surface area contributed by atoms with Gasteiger partial charge in [0.25, 0.3) is 0 Å². The van der Waals surface area contributed by atoms with E-state index in [4.69, 9.17) is 6.30 Å². The Balaban J connectivity index is 1.13. The zero-order valence-electron chi connectivity index (χ0n) is 46.5. The zero-order valence-corrected chi connectivity index (χ0v) is 47.3. The molecule has 2 unspecified atom stereocenters. The third kappa shape index (κ3) is 9.33. The summed E-state index contributed by atoms with van der Waals surface area (Å²) in [6.45, 7) is 18.6. The predicted molar refractivity (Wildman–Crippen MR) is 339 cm³/mol. The van der Waals surface area contributed by atoms with Crippen LogP contribution in [0.3, 0.4) is 0 Å². The van der Waals surface area contributed by atoms with Gasteiger partial charge in [-0.2, -0.15) is 0 Å². The second-order valence-electron chi connectivity index (χ2n) is 22.8. The fourth-order valence-corrected chi connectivity index (χ4v) is 13.0. The fraction of sp³-hybridized carbons (Fsp3) is 0.160. The smallest absolute Gasteiger partial charge is 0.172 e. The second-order valence-corrected chi connectivity index (χ2v) is 25.0. The molecule has 11 aromatic carbocycles. The van der Waals surface area contributed by atoms with Crippen LogP contribution in [-0.2, 0) is 21.4 Å². The van der Waals surface area contributed by atoms with Gasteiger partial charge in [-0.05, 0) is 88.8 Å². The Morgan fingerprint density at radius 3 is 0.692 bits per heavy atom. The molecule has 0 aliphatic carbocycles. The highest BCUT2D eigenvalue weighted by Gasteiger charge is 2.39. The number of rotatable bonds is 15. The van der Waals surface area contributed by atoms with Crippen molar-refractivity contribution in [3.8, 4) is 0 Å². The molecule has 3 heteroatoms. The largest absolute Gasteiger partial charge is 0.309 e. The Bertz CT molecular complexity index is 3710. The molecule has 384 valence electrons. The molecule has 0 bridgehead atoms. The van der Waals surface area contributed by atoms with Gasteiger partial charge in [0.15, 0.2) is 5.16 Å². The first kappa shape index (κ1) is 51.8. The Morgan fingerprint density at radius 1 is 0.256 bits per heavy atom. The van der Waals surface area contributed by atoms with E-state index in [-0.39, 0.29) is 21.4 Å². The lowest BCUT2D eigenvalue weighted by atomic mass is 9.78. The van der Waals surface area contributed by atoms with Crippen molar-refractivity contribution in [1.82, 2.24) is 0 Å². The van der Waals surface area contributed by atoms with Crippen molar-refractivity contribution in [2.45, 2.75) is 69.9 Å². The molecule has 0 saturated carbocycles. The normalized spacial score (nSPS) is 13.0. The quantitative estimate of drug-likeness (QED) is 0.0574. The minimum absolute atomic E-state index is 0.194. The summed E-state index contributed by atoms with van der Waals surface area (Å²) in [6.07, 6.45) is 4.71. The minimum Gasteiger partial charge on any atom is -0.309 e. The Kier molecular flexibility index (Phi) is 13.9. The van der Waals surface area contributed by atoms with E-state index in [0.717, 1.165) is 55.7 Å². The van der Waals surface area contributed by atoms with Crippen LogP contribution < -0.4 is 9.80 Å². The number of nitrogens with zero attached hydrogens (tertiary/aromatic N) is 2. The lowest BCUT2D eigenvalue weighted by Crippen LogP contribution is -2.20. The third-order valence-corrected chi connectivity index (χ3v) is 19.2. The highest BCUT2D eigenvalue weighted by Crippen LogP contribution is 2.54. The van der Waals surface area contributed by atoms with Gasteiger partial charge >= 0.3 is 0 Å². The van der Waals surface area contributed by atoms with Crippen molar-refractivity contribution < 1.29 is 0 Å². The van der Waals surface area contributed by atoms with E-state index in [1.54, 1.807) is 0 Å². The van der Waals surface area contributed by atoms with Gasteiger partial charge in [-0.3, -0.25) is 0 Å². The van der Waals surface area contributed by atoms with E-state index in [1.165, 1.54) is 44.5 Å². The second kappa shape index (κ2) is 20.9. The first-order valence-electron chi connectivity index (χ1n) is 27.4. The molecule has 0 aliphatic heterocycles. The van der Waals surface area contributed by atoms with E-state index in [2.05, 4.69) is 332 Å². The van der Waals surface area contributed by atoms with Gasteiger partial charge < -0.3 is 9.80 Å². The van der Waals surface area contributed by atoms with Crippen LogP contribution in [0.25, 0.3) is 21.5 Å². The average Bonchev–Trinajstić information content (AvgIpc) is 3.66. The lowest BCUT2D eigenvalue weighted by molar-refractivity contribution is 0.640. The fourth-order valence-electron chi connectivity index (χ4n) is 11.8. The summed E-state index contributed by atoms with van der Waals surface area (Å²) in [4.78, 5) is 5.00. The van der Waals surface area contributed by atoms with Crippen LogP contribution in [0.1, 0.15) is 93.0 Å². The Labute approximate surface area is 464 Å². The van der Waals surface area contributed by atoms with Crippen LogP contribution in [0.4, 0.5) is 34.1 Å². The SMILES string of the molecule is C=[P+](C)C(C)(c1ccccc1)c1ccc(N(c2ccc(C(C)(C)c3ccccc3)cc2)c2c3ccccc3c(N(c3ccc(C(C)(C)c4ccccc4)cc3)c3ccc(C(C)(C)c4ccccc4)cc3)c3ccccc23)cc1. The molecule has 11 rings (SSSR count). The molecule has 0 heterocycles. The van der Waals surface area contributed by atoms with Crippen LogP contribution in [0, 0.1) is 0 Å². The van der Waals surface area contributed by atoms with Gasteiger partial charge in [0, 0.05) is 71.7 Å². The van der Waals surface area contributed by atoms with Crippen molar-refractivity contribution >= 4 is 69.5 Å². The van der Waals surface area contributed by atoms with E-state index in [1.807, 2.05) is 0 Å². The molecule has 2 atom stereocenters. The monoisotopic (exact) mass is 1030 g/mol. The molecule has 0 aliphatic rings. The standard InChI is InChI=1S/C75H70N2P/c1-72(2,54-26-14-10-15-27-54)57-38-46-62(47-39-57)76(63-48-40-58(41-49-63)73(3,4)55-28-16-11-17-29-55)70-66-34-22-24-36-68(66)71(69-37-25-23-35-67(69)70)77(64-50-42-59(43-51-64)74(5,6)56-30-18-12-19-31-56)65-52-44-61(45-53-65)75(7,78(8)9)60-32-20-13-21-33-60/h10-53H,8H2,1-7,9H3/q+1. The molecular weight excluding hydrogens is 960 g/mol. The predicted octanol–water partition coefficient (Wildman–Crippen LogP) is 20.7. The molecule has 0 spiro atoms. The summed E-state index contributed by atoms with van der Waals surface area (Å²) < 4.78 is 0. The molecule has 2 nitrogen and oxygen atoms in total. The summed E-state index contributed by atoms with van der Waals surface area (Å²) in [6, 6.07) is 98.8. The summed E-state index contributed by atoms with van der Waals surface area (Å²) in [5, 5.41) is 4.38. The first-order chi connectivity index (χ1) is 37.7. The summed E-state index contributed by atoms with van der Waals surface area (Å²) >= 11 is 0. The van der Waals surface area contributed by atoms with Crippen molar-refractivity contribution in [1.29, 1.82) is 0 Å². The summed E-state index contributed by atoms with van der Waals surface area (Å²) in [5.41, 5.74) is 16.2. The van der Waals surface area contributed by atoms with E-state index in [9.17, 15) is 0 Å². The summed E-state index contributed by atoms with van der Waals surface area (Å²) in [5.74, 6) is 0. The molecule has 0 fully saturated rings. The molecule has 78 heavy (non-hydrogen) atoms. The van der Waals surface area contributed by atoms with Crippen molar-refractivity contribution in [3.05, 3.63) is 311 Å². The van der Waals surface area contributed by atoms with Gasteiger partial charge in [0.2, 0.25) is 0 Å². The van der Waals surface area contributed by atoms with Crippen LogP contribution >= 0.6 is 7.55 Å². The van der Waals surface area contributed by atoms with Crippen LogP contribution in [0.2, 0.25) is 0 Å². The Hall–Kier alpha value is -8.29. The maximum absolute atomic E-state index is 4.71. The highest BCUT2D eigenvalue weighted by molar-refractivity contribution is 7.56. The number of hydrogen-bond donors (Lipinski definition) is 0. The van der Waals surface area contributed by atoms with Gasteiger partial charge in [-0.25, -0.2) is 0 Å². The number of benzene rings is 11. The molecule has 0 saturated heterocycles. The molecule has 0 N–H and O–H groups in total. The van der Waals surface area contributed by atoms with Gasteiger partial charge in [-0.1, -0.05) is 260 Å². The number of anilines is 6. The first-order valence-corrected chi connectivity index (χ1v) is 29.4. The van der Waals surface area contributed by atoms with E-state index < -0.39 is 7.55 Å². The maximum Gasteiger partial charge on any atom is 0.172 e. The number of hydrogen-bond acceptors (Lipinski definition) is 2. The maximum atomic E-state index is 4.71. The molecular formula is C75H70N2P+. The topological polar surface area (TPSA) is 6.48 Å². The van der Waals surface area contributed by atoms with Gasteiger partial charge in [-0.15, -0.1) is 0 Å². The summed E-state index contributed by atoms with van der Waals surface area (Å²) in [7, 11) is -0.647. The number of fused-ring (bicyclic) bond motifs is 2. The molecule has 0 radical (unpaired) electrons. The van der Waals surface area contributed by atoms with Crippen molar-refractivity contribution in [2.75, 3.05) is 16.5 Å². The molecule has 11 aromatic rings. The third-order valence-electron chi connectivity index (χ3n) is 17.1. The molecule has 0 amide bonds. The van der Waals surface area contributed by atoms with Gasteiger partial charge in [0.05, 0.1) is 31.9 Å². The van der Waals surface area contributed by atoms with Crippen molar-refractivity contribution in [3.63, 3.8) is 0 Å². The van der Waals surface area contributed by atoms with E-state index in [0.29, 0.717) is 0 Å². The van der Waals surface area contributed by atoms with Crippen LogP contribution in [0.15, 0.2) is 267 Å². The Morgan fingerprint density at radius 2 is 0.449 bits per heavy atom. The van der Waals surface area contributed by atoms with Crippen LogP contribution in [0.5, 0.6) is 0 Å². The highest BCUT2D eigenvalue weighted by atomic mass is 31.1. The zero-order chi connectivity index (χ0) is 54.2. The van der Waals surface area contributed by atoms with Gasteiger partial charge in [0.1, 0.15) is 0 Å². The van der Waals surface area contributed by atoms with Crippen LogP contribution in [-0.4, -0.2) is 13.0 Å². The van der Waals surface area contributed by atoms with Crippen molar-refractivity contribution in [2.24, 2.45) is 0 Å². The van der Waals surface area contributed by atoms with E-state index >= 15 is 0 Å². The lowest BCUT2D eigenvalue weighted by Gasteiger charge is -2.34. The minimum atomic E-state index is -0.647. The average molecular weight is 1030 g/mol.